The largest absolute Gasteiger partial charge is 0.370 e. The van der Waals surface area contributed by atoms with Crippen molar-refractivity contribution in [3.8, 4) is 0 Å². The molecular weight excluding hydrogens is 395 g/mol. The van der Waals surface area contributed by atoms with Crippen molar-refractivity contribution in [2.45, 2.75) is 39.9 Å². The van der Waals surface area contributed by atoms with Crippen LogP contribution in [0.4, 0.5) is 10.2 Å². The number of nitrogens with one attached hydrogen (secondary N) is 2. The van der Waals surface area contributed by atoms with E-state index in [2.05, 4.69) is 29.5 Å². The molecule has 1 aromatic heterocycles. The van der Waals surface area contributed by atoms with Crippen LogP contribution < -0.4 is 10.6 Å². The first-order chi connectivity index (χ1) is 13.8. The molecule has 0 saturated carbocycles. The predicted molar refractivity (Wildman–Crippen MR) is 110 cm³/mol. The Morgan fingerprint density at radius 3 is 2.72 bits per heavy atom. The summed E-state index contributed by atoms with van der Waals surface area (Å²) in [5, 5.41) is 5.98. The first kappa shape index (κ1) is 21.0. The van der Waals surface area contributed by atoms with Gasteiger partial charge in [-0.25, -0.2) is 9.37 Å². The monoisotopic (exact) mass is 418 g/mol. The Labute approximate surface area is 174 Å². The maximum atomic E-state index is 13.2. The summed E-state index contributed by atoms with van der Waals surface area (Å²) in [6.45, 7) is 7.15. The van der Waals surface area contributed by atoms with Gasteiger partial charge in [0.25, 0.3) is 5.91 Å². The van der Waals surface area contributed by atoms with E-state index in [0.717, 1.165) is 12.1 Å². The van der Waals surface area contributed by atoms with E-state index in [-0.39, 0.29) is 23.4 Å². The molecule has 1 aliphatic rings. The van der Waals surface area contributed by atoms with Gasteiger partial charge in [-0.3, -0.25) is 9.59 Å². The molecule has 0 fully saturated rings. The van der Waals surface area contributed by atoms with Gasteiger partial charge in [-0.1, -0.05) is 37.6 Å². The van der Waals surface area contributed by atoms with Gasteiger partial charge >= 0.3 is 0 Å². The number of anilines is 1. The Bertz CT molecular complexity index is 935. The summed E-state index contributed by atoms with van der Waals surface area (Å²) < 4.78 is 13.2. The SMILES string of the molecule is CC(C)CNc1ccc2c(n1)C(=O)N([C@H](C)C(=O)NCc1ccc(F)c(Cl)c1)C2. The summed E-state index contributed by atoms with van der Waals surface area (Å²) in [6, 6.07) is 7.33. The molecule has 2 N–H and O–H groups in total. The lowest BCUT2D eigenvalue weighted by molar-refractivity contribution is -0.125. The minimum absolute atomic E-state index is 0.00271. The van der Waals surface area contributed by atoms with Crippen molar-refractivity contribution in [1.82, 2.24) is 15.2 Å². The number of benzene rings is 1. The summed E-state index contributed by atoms with van der Waals surface area (Å²) in [4.78, 5) is 31.3. The third-order valence-corrected chi connectivity index (χ3v) is 5.06. The Kier molecular flexibility index (Phi) is 6.37. The van der Waals surface area contributed by atoms with Crippen molar-refractivity contribution >= 4 is 29.2 Å². The van der Waals surface area contributed by atoms with Crippen molar-refractivity contribution in [1.29, 1.82) is 0 Å². The number of nitrogens with zero attached hydrogens (tertiary/aromatic N) is 2. The minimum atomic E-state index is -0.667. The molecule has 6 nitrogen and oxygen atoms in total. The third-order valence-electron chi connectivity index (χ3n) is 4.77. The number of aromatic nitrogens is 1. The van der Waals surface area contributed by atoms with Crippen LogP contribution >= 0.6 is 11.6 Å². The summed E-state index contributed by atoms with van der Waals surface area (Å²) in [5.41, 5.74) is 1.86. The van der Waals surface area contributed by atoms with E-state index in [1.165, 1.54) is 17.0 Å². The van der Waals surface area contributed by atoms with Gasteiger partial charge in [0, 0.05) is 25.2 Å². The van der Waals surface area contributed by atoms with Crippen molar-refractivity contribution in [2.75, 3.05) is 11.9 Å². The number of fused-ring (bicyclic) bond motifs is 1. The highest BCUT2D eigenvalue weighted by atomic mass is 35.5. The molecule has 3 rings (SSSR count). The minimum Gasteiger partial charge on any atom is -0.370 e. The van der Waals surface area contributed by atoms with Crippen molar-refractivity contribution in [2.24, 2.45) is 5.92 Å². The van der Waals surface area contributed by atoms with E-state index in [0.29, 0.717) is 29.5 Å². The van der Waals surface area contributed by atoms with Crippen LogP contribution in [0.2, 0.25) is 5.02 Å². The first-order valence-electron chi connectivity index (χ1n) is 9.52. The molecule has 1 aromatic carbocycles. The van der Waals surface area contributed by atoms with Crippen LogP contribution in [-0.4, -0.2) is 34.3 Å². The quantitative estimate of drug-likeness (QED) is 0.720. The van der Waals surface area contributed by atoms with Crippen LogP contribution in [0.25, 0.3) is 0 Å². The fraction of sp³-hybridized carbons (Fsp3) is 0.381. The maximum Gasteiger partial charge on any atom is 0.273 e. The number of carbonyl (C=O) groups excluding carboxylic acids is 2. The number of hydrogen-bond donors (Lipinski definition) is 2. The molecule has 2 heterocycles. The van der Waals surface area contributed by atoms with Crippen LogP contribution in [0, 0.1) is 11.7 Å². The van der Waals surface area contributed by atoms with Crippen LogP contribution in [0.3, 0.4) is 0 Å². The molecule has 0 bridgehead atoms. The van der Waals surface area contributed by atoms with Gasteiger partial charge in [0.05, 0.1) is 5.02 Å². The average Bonchev–Trinajstić information content (AvgIpc) is 3.02. The lowest BCUT2D eigenvalue weighted by Gasteiger charge is -2.23. The van der Waals surface area contributed by atoms with E-state index in [1.807, 2.05) is 12.1 Å². The number of carbonyl (C=O) groups is 2. The fourth-order valence-corrected chi connectivity index (χ4v) is 3.24. The van der Waals surface area contributed by atoms with E-state index in [4.69, 9.17) is 11.6 Å². The van der Waals surface area contributed by atoms with E-state index in [1.54, 1.807) is 13.0 Å². The van der Waals surface area contributed by atoms with Gasteiger partial charge in [0.15, 0.2) is 0 Å². The molecule has 29 heavy (non-hydrogen) atoms. The number of pyridine rings is 1. The normalized spacial score (nSPS) is 14.1. The second-order valence-electron chi connectivity index (χ2n) is 7.55. The second-order valence-corrected chi connectivity index (χ2v) is 7.96. The fourth-order valence-electron chi connectivity index (χ4n) is 3.04. The molecule has 154 valence electrons. The lowest BCUT2D eigenvalue weighted by atomic mass is 10.2. The summed E-state index contributed by atoms with van der Waals surface area (Å²) in [7, 11) is 0. The number of rotatable bonds is 7. The van der Waals surface area contributed by atoms with Gasteiger partial charge in [-0.15, -0.1) is 0 Å². The zero-order chi connectivity index (χ0) is 21.1. The van der Waals surface area contributed by atoms with E-state index >= 15 is 0 Å². The van der Waals surface area contributed by atoms with Crippen molar-refractivity contribution < 1.29 is 14.0 Å². The molecule has 0 aliphatic carbocycles. The Morgan fingerprint density at radius 1 is 1.28 bits per heavy atom. The Hall–Kier alpha value is -2.67. The van der Waals surface area contributed by atoms with E-state index in [9.17, 15) is 14.0 Å². The zero-order valence-electron chi connectivity index (χ0n) is 16.6. The number of halogens is 2. The number of hydrogen-bond acceptors (Lipinski definition) is 4. The summed E-state index contributed by atoms with van der Waals surface area (Å²) >= 11 is 5.77. The summed E-state index contributed by atoms with van der Waals surface area (Å²) in [6.07, 6.45) is 0. The smallest absolute Gasteiger partial charge is 0.273 e. The van der Waals surface area contributed by atoms with Gasteiger partial charge in [0.2, 0.25) is 5.91 Å². The molecular formula is C21H24ClFN4O2. The molecule has 8 heteroatoms. The first-order valence-corrected chi connectivity index (χ1v) is 9.90. The van der Waals surface area contributed by atoms with Crippen LogP contribution in [0.1, 0.15) is 42.4 Å². The van der Waals surface area contributed by atoms with Crippen molar-refractivity contribution in [3.63, 3.8) is 0 Å². The molecule has 0 saturated heterocycles. The highest BCUT2D eigenvalue weighted by Gasteiger charge is 2.35. The maximum absolute atomic E-state index is 13.2. The van der Waals surface area contributed by atoms with Gasteiger partial charge in [-0.05, 0) is 36.6 Å². The standard InChI is InChI=1S/C21H24ClFN4O2/c1-12(2)9-24-18-7-5-15-11-27(21(29)19(15)26-18)13(3)20(28)25-10-14-4-6-17(23)16(22)8-14/h4-8,12-13H,9-11H2,1-3H3,(H,24,26)(H,25,28)/t13-/m1/s1. The Balaban J connectivity index is 1.62. The highest BCUT2D eigenvalue weighted by Crippen LogP contribution is 2.25. The topological polar surface area (TPSA) is 74.3 Å². The third kappa shape index (κ3) is 4.85. The van der Waals surface area contributed by atoms with Crippen LogP contribution in [0.5, 0.6) is 0 Å². The molecule has 2 amide bonds. The second kappa shape index (κ2) is 8.78. The van der Waals surface area contributed by atoms with E-state index < -0.39 is 11.9 Å². The van der Waals surface area contributed by atoms with Crippen LogP contribution in [0.15, 0.2) is 30.3 Å². The lowest BCUT2D eigenvalue weighted by Crippen LogP contribution is -2.45. The molecule has 0 unspecified atom stereocenters. The zero-order valence-corrected chi connectivity index (χ0v) is 17.4. The van der Waals surface area contributed by atoms with Gasteiger partial charge < -0.3 is 15.5 Å². The molecule has 2 aromatic rings. The van der Waals surface area contributed by atoms with Crippen LogP contribution in [-0.2, 0) is 17.9 Å². The Morgan fingerprint density at radius 2 is 2.03 bits per heavy atom. The molecule has 1 aliphatic heterocycles. The highest BCUT2D eigenvalue weighted by molar-refractivity contribution is 6.30. The molecule has 0 spiro atoms. The van der Waals surface area contributed by atoms with Crippen molar-refractivity contribution in [3.05, 3.63) is 58.0 Å². The molecule has 0 radical (unpaired) electrons. The van der Waals surface area contributed by atoms with Gasteiger partial charge in [-0.2, -0.15) is 0 Å². The molecule has 1 atom stereocenters. The van der Waals surface area contributed by atoms with Gasteiger partial charge in [0.1, 0.15) is 23.4 Å². The summed E-state index contributed by atoms with van der Waals surface area (Å²) in [5.74, 6) is 0.0330. The number of amides is 2. The predicted octanol–water partition coefficient (Wildman–Crippen LogP) is 3.60. The average molecular weight is 419 g/mol.